The molecular weight excluding hydrogens is 190 g/mol. The molecule has 0 radical (unpaired) electrons. The molecule has 0 saturated heterocycles. The van der Waals surface area contributed by atoms with E-state index >= 15 is 0 Å². The Hall–Kier alpha value is -0.780. The van der Waals surface area contributed by atoms with E-state index in [9.17, 15) is 0 Å². The molecule has 2 aromatic rings. The van der Waals surface area contributed by atoms with Crippen molar-refractivity contribution in [2.45, 2.75) is 6.54 Å². The second-order valence-corrected chi connectivity index (χ2v) is 4.03. The Labute approximate surface area is 77.9 Å². The number of aromatic nitrogens is 2. The smallest absolute Gasteiger partial charge is 0.107 e. The highest BCUT2D eigenvalue weighted by molar-refractivity contribution is 7.15. The minimum Gasteiger partial charge on any atom is -0.325 e. The van der Waals surface area contributed by atoms with Crippen molar-refractivity contribution in [3.05, 3.63) is 22.1 Å². The van der Waals surface area contributed by atoms with Gasteiger partial charge in [-0.1, -0.05) is 0 Å². The maximum atomic E-state index is 5.45. The molecule has 62 valence electrons. The van der Waals surface area contributed by atoms with Crippen molar-refractivity contribution in [1.82, 2.24) is 9.97 Å². The number of nitrogens with two attached hydrogens (primary N) is 1. The molecule has 0 aromatic carbocycles. The molecule has 0 bridgehead atoms. The molecule has 0 fully saturated rings. The van der Waals surface area contributed by atoms with Crippen molar-refractivity contribution in [3.63, 3.8) is 0 Å². The van der Waals surface area contributed by atoms with E-state index in [1.807, 2.05) is 17.1 Å². The molecule has 2 heterocycles. The van der Waals surface area contributed by atoms with Crippen LogP contribution in [0.1, 0.15) is 5.01 Å². The van der Waals surface area contributed by atoms with Crippen molar-refractivity contribution in [1.29, 1.82) is 0 Å². The third-order valence-electron chi connectivity index (χ3n) is 1.41. The fourth-order valence-corrected chi connectivity index (χ4v) is 2.25. The van der Waals surface area contributed by atoms with Crippen LogP contribution in [-0.2, 0) is 6.54 Å². The number of hydrogen-bond acceptors (Lipinski definition) is 5. The minimum absolute atomic E-state index is 0.509. The van der Waals surface area contributed by atoms with Crippen LogP contribution in [0.4, 0.5) is 0 Å². The van der Waals surface area contributed by atoms with Crippen LogP contribution in [0.5, 0.6) is 0 Å². The van der Waals surface area contributed by atoms with E-state index < -0.39 is 0 Å². The molecule has 5 heteroatoms. The zero-order valence-corrected chi connectivity index (χ0v) is 7.86. The Morgan fingerprint density at radius 1 is 1.42 bits per heavy atom. The lowest BCUT2D eigenvalue weighted by Gasteiger charge is -1.84. The van der Waals surface area contributed by atoms with Crippen LogP contribution in [0.2, 0.25) is 0 Å². The van der Waals surface area contributed by atoms with Gasteiger partial charge in [-0.25, -0.2) is 9.97 Å². The standard InChI is InChI=1S/C7H7N3S2/c8-1-7-9-2-6(12-7)5-3-11-4-10-5/h2-4H,1,8H2. The summed E-state index contributed by atoms with van der Waals surface area (Å²) in [6.07, 6.45) is 1.82. The van der Waals surface area contributed by atoms with Crippen LogP contribution in [0, 0.1) is 0 Å². The van der Waals surface area contributed by atoms with E-state index in [1.165, 1.54) is 0 Å². The Morgan fingerprint density at radius 3 is 2.92 bits per heavy atom. The molecule has 0 aliphatic carbocycles. The van der Waals surface area contributed by atoms with Crippen LogP contribution in [-0.4, -0.2) is 9.97 Å². The predicted molar refractivity (Wildman–Crippen MR) is 51.1 cm³/mol. The Balaban J connectivity index is 2.35. The second-order valence-electron chi connectivity index (χ2n) is 2.20. The van der Waals surface area contributed by atoms with Crippen LogP contribution in [0.15, 0.2) is 17.1 Å². The van der Waals surface area contributed by atoms with Gasteiger partial charge in [0.2, 0.25) is 0 Å². The Morgan fingerprint density at radius 2 is 2.33 bits per heavy atom. The first kappa shape index (κ1) is 7.85. The van der Waals surface area contributed by atoms with E-state index in [1.54, 1.807) is 22.7 Å². The van der Waals surface area contributed by atoms with E-state index in [4.69, 9.17) is 5.73 Å². The molecule has 0 saturated carbocycles. The molecule has 3 nitrogen and oxygen atoms in total. The summed E-state index contributed by atoms with van der Waals surface area (Å²) in [6, 6.07) is 0. The van der Waals surface area contributed by atoms with E-state index in [-0.39, 0.29) is 0 Å². The molecule has 0 atom stereocenters. The van der Waals surface area contributed by atoms with Gasteiger partial charge in [0.15, 0.2) is 0 Å². The first-order valence-corrected chi connectivity index (χ1v) is 5.19. The van der Waals surface area contributed by atoms with Gasteiger partial charge in [0.25, 0.3) is 0 Å². The molecule has 0 aliphatic rings. The molecule has 0 aliphatic heterocycles. The Kier molecular flexibility index (Phi) is 2.16. The first-order chi connectivity index (χ1) is 5.90. The second kappa shape index (κ2) is 3.30. The fourth-order valence-electron chi connectivity index (χ4n) is 0.857. The lowest BCUT2D eigenvalue weighted by molar-refractivity contribution is 1.04. The van der Waals surface area contributed by atoms with Gasteiger partial charge in [-0.3, -0.25) is 0 Å². The van der Waals surface area contributed by atoms with Gasteiger partial charge in [0.1, 0.15) is 5.01 Å². The van der Waals surface area contributed by atoms with Gasteiger partial charge < -0.3 is 5.73 Å². The van der Waals surface area contributed by atoms with Crippen LogP contribution in [0.3, 0.4) is 0 Å². The number of hydrogen-bond donors (Lipinski definition) is 1. The molecular formula is C7H7N3S2. The zero-order valence-electron chi connectivity index (χ0n) is 6.23. The molecule has 2 aromatic heterocycles. The van der Waals surface area contributed by atoms with Gasteiger partial charge in [0.05, 0.1) is 16.1 Å². The average molecular weight is 197 g/mol. The minimum atomic E-state index is 0.509. The summed E-state index contributed by atoms with van der Waals surface area (Å²) >= 11 is 3.19. The summed E-state index contributed by atoms with van der Waals surface area (Å²) in [5.74, 6) is 0. The monoisotopic (exact) mass is 197 g/mol. The van der Waals surface area contributed by atoms with Crippen molar-refractivity contribution >= 4 is 22.7 Å². The van der Waals surface area contributed by atoms with Crippen molar-refractivity contribution in [3.8, 4) is 10.6 Å². The lowest BCUT2D eigenvalue weighted by atomic mass is 10.4. The zero-order chi connectivity index (χ0) is 8.39. The predicted octanol–water partition coefficient (Wildman–Crippen LogP) is 1.73. The van der Waals surface area contributed by atoms with E-state index in [2.05, 4.69) is 9.97 Å². The van der Waals surface area contributed by atoms with E-state index in [0.29, 0.717) is 6.54 Å². The number of nitrogens with zero attached hydrogens (tertiary/aromatic N) is 2. The van der Waals surface area contributed by atoms with Crippen molar-refractivity contribution in [2.24, 2.45) is 5.73 Å². The summed E-state index contributed by atoms with van der Waals surface area (Å²) in [5.41, 5.74) is 8.26. The summed E-state index contributed by atoms with van der Waals surface area (Å²) in [5, 5.41) is 2.96. The van der Waals surface area contributed by atoms with Crippen LogP contribution < -0.4 is 5.73 Å². The maximum absolute atomic E-state index is 5.45. The van der Waals surface area contributed by atoms with Gasteiger partial charge in [-0.15, -0.1) is 22.7 Å². The quantitative estimate of drug-likeness (QED) is 0.797. The SMILES string of the molecule is NCc1ncc(-c2cscn2)s1. The highest BCUT2D eigenvalue weighted by Gasteiger charge is 2.03. The largest absolute Gasteiger partial charge is 0.325 e. The fraction of sp³-hybridized carbons (Fsp3) is 0.143. The third-order valence-corrected chi connectivity index (χ3v) is 3.04. The summed E-state index contributed by atoms with van der Waals surface area (Å²) < 4.78 is 0. The topological polar surface area (TPSA) is 51.8 Å². The van der Waals surface area contributed by atoms with Gasteiger partial charge >= 0.3 is 0 Å². The average Bonchev–Trinajstić information content (AvgIpc) is 2.75. The van der Waals surface area contributed by atoms with E-state index in [0.717, 1.165) is 15.6 Å². The number of thiazole rings is 2. The van der Waals surface area contributed by atoms with Gasteiger partial charge in [0, 0.05) is 18.1 Å². The molecule has 0 spiro atoms. The van der Waals surface area contributed by atoms with Crippen LogP contribution in [0.25, 0.3) is 10.6 Å². The van der Waals surface area contributed by atoms with Gasteiger partial charge in [-0.05, 0) is 0 Å². The summed E-state index contributed by atoms with van der Waals surface area (Å²) in [7, 11) is 0. The maximum Gasteiger partial charge on any atom is 0.107 e. The first-order valence-electron chi connectivity index (χ1n) is 3.43. The normalized spacial score (nSPS) is 10.4. The Bertz CT molecular complexity index is 352. The molecule has 0 amide bonds. The highest BCUT2D eigenvalue weighted by atomic mass is 32.1. The molecule has 12 heavy (non-hydrogen) atoms. The molecule has 2 rings (SSSR count). The van der Waals surface area contributed by atoms with Crippen molar-refractivity contribution in [2.75, 3.05) is 0 Å². The molecule has 2 N–H and O–H groups in total. The highest BCUT2D eigenvalue weighted by Crippen LogP contribution is 2.25. The lowest BCUT2D eigenvalue weighted by Crippen LogP contribution is -1.93. The third kappa shape index (κ3) is 1.38. The number of rotatable bonds is 2. The molecule has 0 unspecified atom stereocenters. The van der Waals surface area contributed by atoms with Crippen molar-refractivity contribution < 1.29 is 0 Å². The summed E-state index contributed by atoms with van der Waals surface area (Å²) in [4.78, 5) is 9.43. The van der Waals surface area contributed by atoms with Crippen LogP contribution >= 0.6 is 22.7 Å². The summed E-state index contributed by atoms with van der Waals surface area (Å²) in [6.45, 7) is 0.509. The van der Waals surface area contributed by atoms with Gasteiger partial charge in [-0.2, -0.15) is 0 Å².